The Balaban J connectivity index is 2.26. The van der Waals surface area contributed by atoms with E-state index in [4.69, 9.17) is 21.1 Å². The van der Waals surface area contributed by atoms with Gasteiger partial charge in [-0.2, -0.15) is 0 Å². The number of rotatable bonds is 8. The number of sulfonamides is 1. The van der Waals surface area contributed by atoms with Gasteiger partial charge in [0.05, 0.1) is 18.7 Å². The molecule has 0 aliphatic heterocycles. The van der Waals surface area contributed by atoms with E-state index in [1.54, 1.807) is 18.2 Å². The van der Waals surface area contributed by atoms with E-state index >= 15 is 0 Å². The van der Waals surface area contributed by atoms with E-state index in [0.717, 1.165) is 4.31 Å². The largest absolute Gasteiger partial charge is 0.495 e. The highest BCUT2D eigenvalue weighted by Crippen LogP contribution is 2.30. The topological polar surface area (TPSA) is 84.9 Å². The lowest BCUT2D eigenvalue weighted by atomic mass is 10.2. The van der Waals surface area contributed by atoms with Gasteiger partial charge in [0, 0.05) is 25.3 Å². The monoisotopic (exact) mass is 440 g/mol. The molecule has 0 saturated heterocycles. The summed E-state index contributed by atoms with van der Waals surface area (Å²) < 4.78 is 36.8. The lowest BCUT2D eigenvalue weighted by molar-refractivity contribution is 0.102. The highest BCUT2D eigenvalue weighted by atomic mass is 35.5. The molecule has 0 atom stereocenters. The fourth-order valence-electron chi connectivity index (χ4n) is 2.37. The Bertz CT molecular complexity index is 990. The van der Waals surface area contributed by atoms with E-state index in [2.05, 4.69) is 5.32 Å². The van der Waals surface area contributed by atoms with E-state index in [1.165, 1.54) is 39.4 Å². The van der Waals surface area contributed by atoms with Gasteiger partial charge < -0.3 is 14.8 Å². The molecular formula is C20H25ClN2O5S. The van der Waals surface area contributed by atoms with Crippen LogP contribution in [0, 0.1) is 5.92 Å². The highest BCUT2D eigenvalue weighted by Gasteiger charge is 2.24. The van der Waals surface area contributed by atoms with Crippen molar-refractivity contribution in [3.05, 3.63) is 47.0 Å². The maximum absolute atomic E-state index is 12.6. The van der Waals surface area contributed by atoms with Crippen molar-refractivity contribution in [2.75, 3.05) is 33.1 Å². The predicted octanol–water partition coefficient (Wildman–Crippen LogP) is 3.89. The van der Waals surface area contributed by atoms with Gasteiger partial charge in [0.25, 0.3) is 5.91 Å². The smallest absolute Gasteiger partial charge is 0.255 e. The zero-order valence-corrected chi connectivity index (χ0v) is 18.6. The summed E-state index contributed by atoms with van der Waals surface area (Å²) in [5, 5.41) is 3.08. The first-order chi connectivity index (χ1) is 13.6. The quantitative estimate of drug-likeness (QED) is 0.673. The van der Waals surface area contributed by atoms with Crippen LogP contribution in [-0.2, 0) is 10.0 Å². The Kier molecular flexibility index (Phi) is 7.51. The second kappa shape index (κ2) is 9.47. The molecule has 2 aromatic carbocycles. The number of nitrogens with one attached hydrogen (secondary N) is 1. The van der Waals surface area contributed by atoms with Crippen molar-refractivity contribution >= 4 is 33.2 Å². The summed E-state index contributed by atoms with van der Waals surface area (Å²) in [6.45, 7) is 4.59. The van der Waals surface area contributed by atoms with Crippen LogP contribution in [0.15, 0.2) is 41.3 Å². The van der Waals surface area contributed by atoms with Crippen molar-refractivity contribution < 1.29 is 22.7 Å². The second-order valence-electron chi connectivity index (χ2n) is 6.96. The van der Waals surface area contributed by atoms with Crippen LogP contribution in [0.5, 0.6) is 11.5 Å². The first-order valence-electron chi connectivity index (χ1n) is 8.90. The SMILES string of the molecule is COc1ccc(C(=O)Nc2ccc(OCC(C)C)c(Cl)c2)cc1S(=O)(=O)N(C)C. The van der Waals surface area contributed by atoms with Gasteiger partial charge in [-0.3, -0.25) is 4.79 Å². The predicted molar refractivity (Wildman–Crippen MR) is 114 cm³/mol. The highest BCUT2D eigenvalue weighted by molar-refractivity contribution is 7.89. The zero-order valence-electron chi connectivity index (χ0n) is 17.0. The maximum atomic E-state index is 12.6. The molecule has 0 bridgehead atoms. The minimum absolute atomic E-state index is 0.0897. The van der Waals surface area contributed by atoms with Crippen molar-refractivity contribution in [3.8, 4) is 11.5 Å². The Morgan fingerprint density at radius 3 is 2.34 bits per heavy atom. The number of benzene rings is 2. The molecule has 0 saturated carbocycles. The molecule has 158 valence electrons. The van der Waals surface area contributed by atoms with Gasteiger partial charge in [0.2, 0.25) is 10.0 Å². The fraction of sp³-hybridized carbons (Fsp3) is 0.350. The third-order valence-corrected chi connectivity index (χ3v) is 6.08. The normalized spacial score (nSPS) is 11.6. The molecule has 2 rings (SSSR count). The van der Waals surface area contributed by atoms with E-state index in [0.29, 0.717) is 29.0 Å². The van der Waals surface area contributed by atoms with Gasteiger partial charge in [0.15, 0.2) is 0 Å². The molecule has 0 unspecified atom stereocenters. The molecule has 0 radical (unpaired) electrons. The number of carbonyl (C=O) groups excluding carboxylic acids is 1. The van der Waals surface area contributed by atoms with Crippen molar-refractivity contribution in [1.29, 1.82) is 0 Å². The third kappa shape index (κ3) is 5.62. The summed E-state index contributed by atoms with van der Waals surface area (Å²) in [5.74, 6) is 0.565. The number of nitrogens with zero attached hydrogens (tertiary/aromatic N) is 1. The van der Waals surface area contributed by atoms with Crippen LogP contribution in [0.3, 0.4) is 0 Å². The molecule has 2 aromatic rings. The van der Waals surface area contributed by atoms with E-state index in [1.807, 2.05) is 13.8 Å². The summed E-state index contributed by atoms with van der Waals surface area (Å²) >= 11 is 6.22. The van der Waals surface area contributed by atoms with Crippen LogP contribution < -0.4 is 14.8 Å². The summed E-state index contributed by atoms with van der Waals surface area (Å²) in [6.07, 6.45) is 0. The Hall–Kier alpha value is -2.29. The summed E-state index contributed by atoms with van der Waals surface area (Å²) in [6, 6.07) is 9.14. The number of amides is 1. The zero-order chi connectivity index (χ0) is 21.8. The Morgan fingerprint density at radius 1 is 1.14 bits per heavy atom. The molecule has 0 aliphatic carbocycles. The number of hydrogen-bond donors (Lipinski definition) is 1. The van der Waals surface area contributed by atoms with Gasteiger partial charge in [-0.1, -0.05) is 25.4 Å². The van der Waals surface area contributed by atoms with Gasteiger partial charge in [-0.25, -0.2) is 12.7 Å². The van der Waals surface area contributed by atoms with Crippen LogP contribution in [0.1, 0.15) is 24.2 Å². The molecule has 0 spiro atoms. The second-order valence-corrected chi connectivity index (χ2v) is 9.48. The van der Waals surface area contributed by atoms with Crippen LogP contribution in [0.4, 0.5) is 5.69 Å². The molecule has 1 N–H and O–H groups in total. The molecule has 0 aromatic heterocycles. The Morgan fingerprint density at radius 2 is 1.79 bits per heavy atom. The minimum atomic E-state index is -3.78. The van der Waals surface area contributed by atoms with Crippen LogP contribution in [0.2, 0.25) is 5.02 Å². The van der Waals surface area contributed by atoms with Crippen LogP contribution in [0.25, 0.3) is 0 Å². The van der Waals surface area contributed by atoms with E-state index < -0.39 is 15.9 Å². The molecule has 29 heavy (non-hydrogen) atoms. The van der Waals surface area contributed by atoms with Gasteiger partial charge in [-0.05, 0) is 42.3 Å². The van der Waals surface area contributed by atoms with Crippen LogP contribution >= 0.6 is 11.6 Å². The number of ether oxygens (including phenoxy) is 2. The summed E-state index contributed by atoms with van der Waals surface area (Å²) in [7, 11) is 0.404. The van der Waals surface area contributed by atoms with Crippen molar-refractivity contribution in [1.82, 2.24) is 4.31 Å². The molecule has 0 heterocycles. The standard InChI is InChI=1S/C20H25ClN2O5S/c1-13(2)12-28-17-9-7-15(11-16(17)21)22-20(24)14-6-8-18(27-5)19(10-14)29(25,26)23(3)4/h6-11,13H,12H2,1-5H3,(H,22,24). The molecular weight excluding hydrogens is 416 g/mol. The number of anilines is 1. The minimum Gasteiger partial charge on any atom is -0.495 e. The lowest BCUT2D eigenvalue weighted by Gasteiger charge is -2.16. The molecule has 0 aliphatic rings. The number of hydrogen-bond acceptors (Lipinski definition) is 5. The van der Waals surface area contributed by atoms with Crippen molar-refractivity contribution in [3.63, 3.8) is 0 Å². The average Bonchev–Trinajstić information content (AvgIpc) is 2.66. The molecule has 0 fully saturated rings. The summed E-state index contributed by atoms with van der Waals surface area (Å²) in [5.41, 5.74) is 0.632. The van der Waals surface area contributed by atoms with E-state index in [9.17, 15) is 13.2 Å². The molecule has 9 heteroatoms. The van der Waals surface area contributed by atoms with Crippen molar-refractivity contribution in [2.24, 2.45) is 5.92 Å². The van der Waals surface area contributed by atoms with Crippen molar-refractivity contribution in [2.45, 2.75) is 18.7 Å². The summed E-state index contributed by atoms with van der Waals surface area (Å²) in [4.78, 5) is 12.5. The first-order valence-corrected chi connectivity index (χ1v) is 10.7. The number of halogens is 1. The molecule has 7 nitrogen and oxygen atoms in total. The van der Waals surface area contributed by atoms with E-state index in [-0.39, 0.29) is 16.2 Å². The van der Waals surface area contributed by atoms with Gasteiger partial charge in [-0.15, -0.1) is 0 Å². The Labute approximate surface area is 176 Å². The number of methoxy groups -OCH3 is 1. The first kappa shape index (κ1) is 23.0. The maximum Gasteiger partial charge on any atom is 0.255 e. The number of carbonyl (C=O) groups is 1. The third-order valence-electron chi connectivity index (χ3n) is 3.95. The van der Waals surface area contributed by atoms with Gasteiger partial charge in [0.1, 0.15) is 16.4 Å². The van der Waals surface area contributed by atoms with Crippen LogP contribution in [-0.4, -0.2) is 46.4 Å². The average molecular weight is 441 g/mol. The lowest BCUT2D eigenvalue weighted by Crippen LogP contribution is -2.23. The van der Waals surface area contributed by atoms with Gasteiger partial charge >= 0.3 is 0 Å². The molecule has 1 amide bonds. The fourth-order valence-corrected chi connectivity index (χ4v) is 3.68.